The third-order valence-corrected chi connectivity index (χ3v) is 14.9. The number of nitriles is 2. The van der Waals surface area contributed by atoms with Gasteiger partial charge in [0.25, 0.3) is 9.05 Å². The summed E-state index contributed by atoms with van der Waals surface area (Å²) in [5.74, 6) is 1.38. The second-order valence-corrected chi connectivity index (χ2v) is 20.1. The average Bonchev–Trinajstić information content (AvgIpc) is 4.11. The summed E-state index contributed by atoms with van der Waals surface area (Å²) < 4.78 is 71.7. The van der Waals surface area contributed by atoms with Crippen LogP contribution in [-0.4, -0.2) is 86.6 Å². The summed E-state index contributed by atoms with van der Waals surface area (Å²) in [5.41, 5.74) is 1.18. The summed E-state index contributed by atoms with van der Waals surface area (Å²) in [4.78, 5) is 25.6. The molecule has 2 aliphatic heterocycles. The second kappa shape index (κ2) is 23.4. The molecule has 6 aromatic carbocycles. The van der Waals surface area contributed by atoms with Gasteiger partial charge in [0.05, 0.1) is 56.4 Å². The molecule has 0 bridgehead atoms. The number of hydrogen-bond donors (Lipinski definition) is 3. The van der Waals surface area contributed by atoms with Crippen molar-refractivity contribution in [2.24, 2.45) is 0 Å². The number of amides is 2. The molecule has 0 aliphatic carbocycles. The zero-order valence-corrected chi connectivity index (χ0v) is 40.6. The van der Waals surface area contributed by atoms with Crippen LogP contribution in [0.2, 0.25) is 0 Å². The van der Waals surface area contributed by atoms with Gasteiger partial charge in [-0.05, 0) is 90.5 Å². The minimum atomic E-state index is -3.93. The fourth-order valence-electron chi connectivity index (χ4n) is 8.08. The average molecular weight is 996 g/mol. The van der Waals surface area contributed by atoms with Gasteiger partial charge in [-0.1, -0.05) is 84.9 Å². The Labute approximate surface area is 406 Å². The number of carbonyl (C=O) groups excluding carboxylic acids is 2. The van der Waals surface area contributed by atoms with Crippen LogP contribution in [-0.2, 0) is 28.7 Å². The van der Waals surface area contributed by atoms with Crippen molar-refractivity contribution >= 4 is 63.1 Å². The first-order valence-corrected chi connectivity index (χ1v) is 25.4. The van der Waals surface area contributed by atoms with Gasteiger partial charge in [-0.15, -0.1) is 0 Å². The smallest absolute Gasteiger partial charge is 0.261 e. The lowest BCUT2D eigenvalue weighted by Crippen LogP contribution is -2.46. The number of sulfonamides is 1. The highest BCUT2D eigenvalue weighted by Gasteiger charge is 2.40. The van der Waals surface area contributed by atoms with Crippen molar-refractivity contribution in [1.29, 1.82) is 10.5 Å². The molecule has 0 saturated carbocycles. The van der Waals surface area contributed by atoms with Crippen molar-refractivity contribution in [3.05, 3.63) is 132 Å². The normalized spacial score (nSPS) is 16.5. The van der Waals surface area contributed by atoms with Gasteiger partial charge in [-0.3, -0.25) is 9.59 Å². The van der Waals surface area contributed by atoms with Crippen molar-refractivity contribution in [1.82, 2.24) is 20.3 Å². The quantitative estimate of drug-likeness (QED) is 0.0968. The van der Waals surface area contributed by atoms with Gasteiger partial charge in [0.15, 0.2) is 23.0 Å². The summed E-state index contributed by atoms with van der Waals surface area (Å²) in [6, 6.07) is 36.1. The largest absolute Gasteiger partial charge is 0.493 e. The van der Waals surface area contributed by atoms with Crippen molar-refractivity contribution in [2.45, 2.75) is 59.6 Å². The predicted octanol–water partition coefficient (Wildman–Crippen LogP) is 7.30. The molecule has 0 aromatic heterocycles. The van der Waals surface area contributed by atoms with E-state index in [9.17, 15) is 36.9 Å². The van der Waals surface area contributed by atoms with Gasteiger partial charge in [0.2, 0.25) is 21.8 Å². The van der Waals surface area contributed by atoms with E-state index in [4.69, 9.17) is 29.6 Å². The third kappa shape index (κ3) is 12.2. The molecule has 0 spiro atoms. The fourth-order valence-corrected chi connectivity index (χ4v) is 11.0. The van der Waals surface area contributed by atoms with Crippen LogP contribution >= 0.6 is 10.7 Å². The topological polar surface area (TPSA) is 226 Å². The maximum Gasteiger partial charge on any atom is 0.261 e. The molecule has 360 valence electrons. The first-order chi connectivity index (χ1) is 33.2. The first-order valence-electron chi connectivity index (χ1n) is 21.7. The Kier molecular flexibility index (Phi) is 17.4. The number of carbonyl (C=O) groups is 2. The van der Waals surface area contributed by atoms with E-state index in [0.29, 0.717) is 57.7 Å². The van der Waals surface area contributed by atoms with Crippen LogP contribution in [0.1, 0.15) is 48.9 Å². The molecule has 2 heterocycles. The summed E-state index contributed by atoms with van der Waals surface area (Å²) in [6.45, 7) is 1.07. The maximum absolute atomic E-state index is 13.6. The molecule has 69 heavy (non-hydrogen) atoms. The Hall–Kier alpha value is -6.93. The van der Waals surface area contributed by atoms with Crippen molar-refractivity contribution in [3.63, 3.8) is 0 Å². The molecule has 3 N–H and O–H groups in total. The monoisotopic (exact) mass is 994 g/mol. The Morgan fingerprint density at radius 3 is 1.59 bits per heavy atom. The van der Waals surface area contributed by atoms with Crippen LogP contribution in [0.15, 0.2) is 131 Å². The molecule has 2 fully saturated rings. The summed E-state index contributed by atoms with van der Waals surface area (Å²) in [5, 5.41) is 30.5. The number of benzene rings is 6. The summed E-state index contributed by atoms with van der Waals surface area (Å²) >= 11 is 0. The van der Waals surface area contributed by atoms with Gasteiger partial charge in [0.1, 0.15) is 18.1 Å². The Bertz CT molecular complexity index is 3110. The van der Waals surface area contributed by atoms with Crippen LogP contribution in [0.3, 0.4) is 0 Å². The van der Waals surface area contributed by atoms with E-state index in [1.54, 1.807) is 86.0 Å². The van der Waals surface area contributed by atoms with Gasteiger partial charge in [-0.25, -0.2) is 16.8 Å². The minimum absolute atomic E-state index is 0.145. The predicted molar refractivity (Wildman–Crippen MR) is 261 cm³/mol. The molecular formula is C50H51ClN6O10S2. The number of rotatable bonds is 13. The molecule has 2 saturated heterocycles. The zero-order chi connectivity index (χ0) is 49.7. The van der Waals surface area contributed by atoms with Gasteiger partial charge in [0, 0.05) is 28.0 Å². The van der Waals surface area contributed by atoms with Crippen LogP contribution in [0, 0.1) is 22.7 Å². The molecule has 4 atom stereocenters. The molecule has 16 nitrogen and oxygen atoms in total. The second-order valence-electron chi connectivity index (χ2n) is 15.7. The molecule has 2 aliphatic rings. The molecular weight excluding hydrogens is 944 g/mol. The molecule has 0 radical (unpaired) electrons. The van der Waals surface area contributed by atoms with Gasteiger partial charge >= 0.3 is 0 Å². The lowest BCUT2D eigenvalue weighted by atomic mass is 10.1. The number of fused-ring (bicyclic) bond motifs is 2. The highest BCUT2D eigenvalue weighted by atomic mass is 35.7. The van der Waals surface area contributed by atoms with E-state index in [2.05, 4.69) is 28.1 Å². The molecule has 8 rings (SSSR count). The van der Waals surface area contributed by atoms with Gasteiger partial charge in [-0.2, -0.15) is 14.8 Å². The molecule has 19 heteroatoms. The number of ether oxygens (including phenoxy) is 4. The van der Waals surface area contributed by atoms with E-state index < -0.39 is 43.1 Å². The number of halogens is 1. The highest BCUT2D eigenvalue weighted by molar-refractivity contribution is 8.14. The Morgan fingerprint density at radius 1 is 0.638 bits per heavy atom. The number of nitrogens with one attached hydrogen (secondary N) is 3. The highest BCUT2D eigenvalue weighted by Crippen LogP contribution is 2.34. The third-order valence-electron chi connectivity index (χ3n) is 11.5. The van der Waals surface area contributed by atoms with E-state index in [-0.39, 0.29) is 28.3 Å². The van der Waals surface area contributed by atoms with Crippen molar-refractivity contribution in [3.8, 4) is 35.1 Å². The summed E-state index contributed by atoms with van der Waals surface area (Å²) in [6.07, 6.45) is 2.71. The number of methoxy groups -OCH3 is 4. The number of nitrogens with zero attached hydrogens (tertiary/aromatic N) is 3. The summed E-state index contributed by atoms with van der Waals surface area (Å²) in [7, 11) is 3.79. The lowest BCUT2D eigenvalue weighted by molar-refractivity contribution is -0.125. The van der Waals surface area contributed by atoms with Gasteiger partial charge < -0.3 is 34.9 Å². The molecule has 2 unspecified atom stereocenters. The zero-order valence-electron chi connectivity index (χ0n) is 38.2. The van der Waals surface area contributed by atoms with Crippen molar-refractivity contribution in [2.75, 3.05) is 41.5 Å². The first kappa shape index (κ1) is 51.5. The Balaban J connectivity index is 0.000000189. The number of hydrogen-bond acceptors (Lipinski definition) is 13. The van der Waals surface area contributed by atoms with E-state index in [1.165, 1.54) is 31.7 Å². The minimum Gasteiger partial charge on any atom is -0.493 e. The fraction of sp³-hybridized carbons (Fsp3) is 0.280. The molecule has 6 aromatic rings. The van der Waals surface area contributed by atoms with E-state index in [1.807, 2.05) is 36.4 Å². The SMILES string of the molecule is COc1ccc(C(C#N)NC(=O)[C@@H]2CCCN2)cc1OC.COc1ccc(C(C#N)NC(=O)[C@@H]2CCCN2S(=O)(=O)c2cccc3ccccc23)cc1OC.O=S(=O)(Cl)c1cccc2ccccc12. The van der Waals surface area contributed by atoms with E-state index >= 15 is 0 Å². The van der Waals surface area contributed by atoms with Crippen LogP contribution in [0.4, 0.5) is 0 Å². The van der Waals surface area contributed by atoms with Crippen LogP contribution in [0.25, 0.3) is 21.5 Å². The van der Waals surface area contributed by atoms with Crippen LogP contribution in [0.5, 0.6) is 23.0 Å². The molecule has 2 amide bonds. The Morgan fingerprint density at radius 2 is 1.12 bits per heavy atom. The van der Waals surface area contributed by atoms with Crippen LogP contribution < -0.4 is 34.9 Å². The van der Waals surface area contributed by atoms with E-state index in [0.717, 1.165) is 30.2 Å². The maximum atomic E-state index is 13.6. The lowest BCUT2D eigenvalue weighted by Gasteiger charge is -2.25. The van der Waals surface area contributed by atoms with Crippen molar-refractivity contribution < 1.29 is 45.4 Å². The standard InChI is InChI=1S/C25H25N3O5S.C15H19N3O3.C10H7ClO2S/c1-32-22-13-12-18(15-23(22)33-2)20(16-26)27-25(29)21-10-6-14-28(21)34(30,31)24-11-5-8-17-7-3-4-9-19(17)24;1-20-13-6-5-10(8-14(13)21-2)12(9-16)18-15(19)11-4-3-7-17-11;11-14(12,13)10-7-3-5-8-4-1-2-6-9(8)10/h3-5,7-9,11-13,15,20-21H,6,10,14H2,1-2H3,(H,27,29);5-6,8,11-12,17H,3-4,7H2,1-2H3,(H,18,19);1-7H/t20?,21-;11-,12?;/m00./s1.